The zero-order valence-corrected chi connectivity index (χ0v) is 24.7. The largest absolute Gasteiger partial charge is 0.483 e. The van der Waals surface area contributed by atoms with E-state index in [1.54, 1.807) is 0 Å². The summed E-state index contributed by atoms with van der Waals surface area (Å²) in [4.78, 5) is 25.5. The van der Waals surface area contributed by atoms with Crippen molar-refractivity contribution >= 4 is 58.1 Å². The van der Waals surface area contributed by atoms with Gasteiger partial charge in [-0.1, -0.05) is 100 Å². The molecule has 6 nitrogen and oxygen atoms in total. The average Bonchev–Trinajstić information content (AvgIpc) is 3.10. The lowest BCUT2D eigenvalue weighted by molar-refractivity contribution is -0.118. The molecule has 0 unspecified atom stereocenters. The standard InChI is InChI=1S/C27H31Cl4N3O3/c1-7-26(3,4)15-9-10-20(17(11-15)27(5,6)8-2)37-14-21(35)32-24-22(31)25(36)34(33-24)23-18(29)12-16(28)13-19(23)30/h9-13,33H,7-8,14H2,1-6H3,(H,32,35). The SMILES string of the molecule is CCC(C)(C)c1ccc(OCC(=O)Nc2[nH]n(-c3c(Cl)cc(Cl)cc3Cl)c(=O)c2Cl)c(C(C)(C)CC)c1. The Morgan fingerprint density at radius 3 is 2.14 bits per heavy atom. The van der Waals surface area contributed by atoms with Crippen molar-refractivity contribution in [2.45, 2.75) is 65.2 Å². The Labute approximate surface area is 237 Å². The van der Waals surface area contributed by atoms with Crippen LogP contribution in [0.4, 0.5) is 5.82 Å². The van der Waals surface area contributed by atoms with Crippen LogP contribution in [0, 0.1) is 0 Å². The van der Waals surface area contributed by atoms with Crippen LogP contribution in [0.5, 0.6) is 5.75 Å². The van der Waals surface area contributed by atoms with Crippen LogP contribution in [0.3, 0.4) is 0 Å². The monoisotopic (exact) mass is 585 g/mol. The van der Waals surface area contributed by atoms with Crippen LogP contribution in [0.25, 0.3) is 5.69 Å². The van der Waals surface area contributed by atoms with Gasteiger partial charge in [0.05, 0.1) is 10.0 Å². The summed E-state index contributed by atoms with van der Waals surface area (Å²) < 4.78 is 7.01. The first-order valence-corrected chi connectivity index (χ1v) is 13.5. The molecule has 0 aliphatic heterocycles. The molecule has 0 aliphatic rings. The van der Waals surface area contributed by atoms with E-state index in [9.17, 15) is 9.59 Å². The van der Waals surface area contributed by atoms with Crippen LogP contribution >= 0.6 is 46.4 Å². The van der Waals surface area contributed by atoms with Gasteiger partial charge >= 0.3 is 0 Å². The number of anilines is 1. The number of nitrogens with zero attached hydrogens (tertiary/aromatic N) is 1. The minimum Gasteiger partial charge on any atom is -0.483 e. The third-order valence-corrected chi connectivity index (χ3v) is 8.07. The topological polar surface area (TPSA) is 76.1 Å². The second kappa shape index (κ2) is 11.3. The molecule has 0 bridgehead atoms. The molecule has 0 aliphatic carbocycles. The molecular formula is C27H31Cl4N3O3. The lowest BCUT2D eigenvalue weighted by Crippen LogP contribution is -2.24. The minimum absolute atomic E-state index is 0.00324. The highest BCUT2D eigenvalue weighted by Gasteiger charge is 2.27. The average molecular weight is 587 g/mol. The number of H-pyrrole nitrogens is 1. The predicted molar refractivity (Wildman–Crippen MR) is 154 cm³/mol. The number of rotatable bonds is 9. The van der Waals surface area contributed by atoms with Gasteiger partial charge in [0.15, 0.2) is 6.61 Å². The summed E-state index contributed by atoms with van der Waals surface area (Å²) in [5.74, 6) is 0.132. The molecular weight excluding hydrogens is 556 g/mol. The first-order chi connectivity index (χ1) is 17.2. The van der Waals surface area contributed by atoms with Crippen molar-refractivity contribution in [1.29, 1.82) is 0 Å². The van der Waals surface area contributed by atoms with Crippen LogP contribution in [0.2, 0.25) is 20.1 Å². The number of hydrogen-bond acceptors (Lipinski definition) is 3. The number of nitrogens with one attached hydrogen (secondary N) is 2. The fraction of sp³-hybridized carbons (Fsp3) is 0.407. The molecule has 0 radical (unpaired) electrons. The van der Waals surface area contributed by atoms with E-state index in [1.165, 1.54) is 17.7 Å². The lowest BCUT2D eigenvalue weighted by atomic mass is 9.76. The first-order valence-electron chi connectivity index (χ1n) is 11.9. The fourth-order valence-corrected chi connectivity index (χ4v) is 4.88. The van der Waals surface area contributed by atoms with Crippen LogP contribution < -0.4 is 15.6 Å². The van der Waals surface area contributed by atoms with E-state index in [1.807, 2.05) is 12.1 Å². The maximum atomic E-state index is 12.8. The second-order valence-corrected chi connectivity index (χ2v) is 11.8. The number of halogens is 4. The van der Waals surface area contributed by atoms with Crippen LogP contribution in [-0.2, 0) is 15.6 Å². The van der Waals surface area contributed by atoms with E-state index < -0.39 is 11.5 Å². The van der Waals surface area contributed by atoms with Crippen molar-refractivity contribution in [2.24, 2.45) is 0 Å². The molecule has 2 N–H and O–H groups in total. The number of aromatic nitrogens is 2. The van der Waals surface area contributed by atoms with Gasteiger partial charge in [-0.05, 0) is 47.4 Å². The predicted octanol–water partition coefficient (Wildman–Crippen LogP) is 8.17. The summed E-state index contributed by atoms with van der Waals surface area (Å²) in [6.07, 6.45) is 1.89. The van der Waals surface area contributed by atoms with Crippen molar-refractivity contribution in [3.63, 3.8) is 0 Å². The molecule has 0 spiro atoms. The minimum atomic E-state index is -0.634. The molecule has 3 rings (SSSR count). The molecule has 1 aromatic heterocycles. The van der Waals surface area contributed by atoms with Gasteiger partial charge in [-0.2, -0.15) is 0 Å². The Hall–Kier alpha value is -2.12. The highest BCUT2D eigenvalue weighted by Crippen LogP contribution is 2.38. The summed E-state index contributed by atoms with van der Waals surface area (Å²) in [5.41, 5.74) is 1.64. The molecule has 0 fully saturated rings. The van der Waals surface area contributed by atoms with Crippen molar-refractivity contribution in [3.8, 4) is 11.4 Å². The zero-order chi connectivity index (χ0) is 27.7. The van der Waals surface area contributed by atoms with E-state index in [0.717, 1.165) is 23.1 Å². The first kappa shape index (κ1) is 29.4. The molecule has 0 saturated heterocycles. The van der Waals surface area contributed by atoms with Gasteiger partial charge in [-0.15, -0.1) is 0 Å². The molecule has 2 aromatic carbocycles. The molecule has 1 heterocycles. The van der Waals surface area contributed by atoms with Gasteiger partial charge in [0.1, 0.15) is 22.3 Å². The summed E-state index contributed by atoms with van der Waals surface area (Å²) in [7, 11) is 0. The van der Waals surface area contributed by atoms with E-state index in [0.29, 0.717) is 10.8 Å². The smallest absolute Gasteiger partial charge is 0.292 e. The number of amides is 1. The number of ether oxygens (including phenoxy) is 1. The number of carbonyl (C=O) groups is 1. The van der Waals surface area contributed by atoms with Gasteiger partial charge in [0.2, 0.25) is 0 Å². The van der Waals surface area contributed by atoms with Crippen molar-refractivity contribution in [3.05, 3.63) is 71.9 Å². The van der Waals surface area contributed by atoms with Crippen molar-refractivity contribution in [2.75, 3.05) is 11.9 Å². The molecule has 37 heavy (non-hydrogen) atoms. The lowest BCUT2D eigenvalue weighted by Gasteiger charge is -2.30. The number of hydrogen-bond donors (Lipinski definition) is 2. The molecule has 1 amide bonds. The van der Waals surface area contributed by atoms with E-state index in [-0.39, 0.29) is 44.0 Å². The normalized spacial score (nSPS) is 12.1. The summed E-state index contributed by atoms with van der Waals surface area (Å²) in [6.45, 7) is 12.7. The van der Waals surface area contributed by atoms with E-state index >= 15 is 0 Å². The Morgan fingerprint density at radius 2 is 1.57 bits per heavy atom. The maximum absolute atomic E-state index is 12.8. The molecule has 10 heteroatoms. The molecule has 0 saturated carbocycles. The highest BCUT2D eigenvalue weighted by molar-refractivity contribution is 6.40. The fourth-order valence-electron chi connectivity index (χ4n) is 3.72. The summed E-state index contributed by atoms with van der Waals surface area (Å²) in [6, 6.07) is 9.02. The Balaban J connectivity index is 1.84. The maximum Gasteiger partial charge on any atom is 0.292 e. The van der Waals surface area contributed by atoms with Gasteiger partial charge in [0, 0.05) is 10.6 Å². The number of benzene rings is 2. The quantitative estimate of drug-likeness (QED) is 0.265. The molecule has 3 aromatic rings. The highest BCUT2D eigenvalue weighted by atomic mass is 35.5. The Kier molecular flexibility index (Phi) is 9.01. The van der Waals surface area contributed by atoms with Gasteiger partial charge in [-0.3, -0.25) is 14.7 Å². The third-order valence-electron chi connectivity index (χ3n) is 6.92. The Morgan fingerprint density at radius 1 is 0.973 bits per heavy atom. The van der Waals surface area contributed by atoms with E-state index in [4.69, 9.17) is 51.1 Å². The van der Waals surface area contributed by atoms with Gasteiger partial charge < -0.3 is 10.1 Å². The second-order valence-electron chi connectivity index (χ2n) is 10.2. The van der Waals surface area contributed by atoms with Gasteiger partial charge in [0.25, 0.3) is 11.5 Å². The summed E-state index contributed by atoms with van der Waals surface area (Å²) >= 11 is 24.6. The van der Waals surface area contributed by atoms with Crippen LogP contribution in [0.15, 0.2) is 35.1 Å². The van der Waals surface area contributed by atoms with Crippen molar-refractivity contribution < 1.29 is 9.53 Å². The molecule has 0 atom stereocenters. The summed E-state index contributed by atoms with van der Waals surface area (Å²) in [5, 5.41) is 5.70. The Bertz CT molecular complexity index is 1350. The van der Waals surface area contributed by atoms with Crippen molar-refractivity contribution in [1.82, 2.24) is 9.78 Å². The zero-order valence-electron chi connectivity index (χ0n) is 21.7. The third kappa shape index (κ3) is 6.31. The van der Waals surface area contributed by atoms with Crippen LogP contribution in [0.1, 0.15) is 65.5 Å². The molecule has 200 valence electrons. The van der Waals surface area contributed by atoms with E-state index in [2.05, 4.69) is 58.0 Å². The number of carbonyl (C=O) groups excluding carboxylic acids is 1. The number of aromatic amines is 1. The van der Waals surface area contributed by atoms with Gasteiger partial charge in [-0.25, -0.2) is 4.68 Å². The van der Waals surface area contributed by atoms with Crippen LogP contribution in [-0.4, -0.2) is 22.3 Å².